The molecule has 0 aliphatic heterocycles. The molecule has 2 aromatic heterocycles. The fraction of sp³-hybridized carbons (Fsp3) is 0.333. The molecule has 114 valence electrons. The first-order valence-corrected chi connectivity index (χ1v) is 8.32. The Morgan fingerprint density at radius 3 is 2.00 bits per heavy atom. The molecule has 1 aliphatic rings. The van der Waals surface area contributed by atoms with E-state index in [1.165, 1.54) is 9.75 Å². The summed E-state index contributed by atoms with van der Waals surface area (Å²) in [5, 5.41) is 0. The molecule has 0 spiro atoms. The third-order valence-electron chi connectivity index (χ3n) is 2.21. The Morgan fingerprint density at radius 2 is 1.62 bits per heavy atom. The van der Waals surface area contributed by atoms with Gasteiger partial charge in [-0.1, -0.05) is 52.0 Å². The summed E-state index contributed by atoms with van der Waals surface area (Å²) in [5.74, 6) is 0. The van der Waals surface area contributed by atoms with Crippen LogP contribution in [-0.2, 0) is 0 Å². The molecule has 0 radical (unpaired) electrons. The second-order valence-corrected chi connectivity index (χ2v) is 4.88. The maximum atomic E-state index is 4.21. The Bertz CT molecular complexity index is 503. The van der Waals surface area contributed by atoms with Crippen molar-refractivity contribution in [1.29, 1.82) is 0 Å². The van der Waals surface area contributed by atoms with Crippen LogP contribution in [0.2, 0.25) is 0 Å². The van der Waals surface area contributed by atoms with Crippen molar-refractivity contribution < 1.29 is 0 Å². The van der Waals surface area contributed by atoms with E-state index in [2.05, 4.69) is 53.3 Å². The standard InChI is InChI=1S/C9H8N2S.C5H6.2C2H6/c1-7-2-3-9(12-7)8-6-10-4-5-11-8;1-2-4-5-3-1;2*1-2/h2-6H,1H3;1-4H,5H2;2*1-2H3. The molecule has 0 amide bonds. The molecule has 3 rings (SSSR count). The second kappa shape index (κ2) is 13.3. The lowest BCUT2D eigenvalue weighted by Gasteiger charge is -1.91. The number of nitrogens with zero attached hydrogens (tertiary/aromatic N) is 2. The van der Waals surface area contributed by atoms with Gasteiger partial charge < -0.3 is 0 Å². The van der Waals surface area contributed by atoms with Crippen LogP contribution in [0.4, 0.5) is 0 Å². The van der Waals surface area contributed by atoms with Crippen molar-refractivity contribution in [2.45, 2.75) is 41.0 Å². The Kier molecular flexibility index (Phi) is 12.2. The molecular weight excluding hydrogens is 276 g/mol. The van der Waals surface area contributed by atoms with Gasteiger partial charge in [0.2, 0.25) is 0 Å². The smallest absolute Gasteiger partial charge is 0.0984 e. The molecule has 0 saturated heterocycles. The Morgan fingerprint density at radius 1 is 0.952 bits per heavy atom. The van der Waals surface area contributed by atoms with Crippen molar-refractivity contribution in [3.63, 3.8) is 0 Å². The zero-order valence-corrected chi connectivity index (χ0v) is 14.5. The van der Waals surface area contributed by atoms with Gasteiger partial charge >= 0.3 is 0 Å². The van der Waals surface area contributed by atoms with E-state index >= 15 is 0 Å². The van der Waals surface area contributed by atoms with Crippen LogP contribution in [-0.4, -0.2) is 9.97 Å². The maximum Gasteiger partial charge on any atom is 0.0984 e. The van der Waals surface area contributed by atoms with Crippen LogP contribution < -0.4 is 0 Å². The third kappa shape index (κ3) is 8.20. The van der Waals surface area contributed by atoms with Crippen molar-refractivity contribution in [2.75, 3.05) is 0 Å². The van der Waals surface area contributed by atoms with Crippen LogP contribution in [0.3, 0.4) is 0 Å². The maximum absolute atomic E-state index is 4.21. The molecule has 0 N–H and O–H groups in total. The van der Waals surface area contributed by atoms with E-state index in [0.29, 0.717) is 0 Å². The number of rotatable bonds is 1. The van der Waals surface area contributed by atoms with Crippen LogP contribution in [0, 0.1) is 6.92 Å². The van der Waals surface area contributed by atoms with E-state index in [-0.39, 0.29) is 0 Å². The van der Waals surface area contributed by atoms with E-state index in [1.54, 1.807) is 29.9 Å². The fourth-order valence-electron chi connectivity index (χ4n) is 1.39. The normalized spacial score (nSPS) is 10.5. The predicted molar refractivity (Wildman–Crippen MR) is 95.7 cm³/mol. The molecule has 2 nitrogen and oxygen atoms in total. The predicted octanol–water partition coefficient (Wildman–Crippen LogP) is 6.07. The summed E-state index contributed by atoms with van der Waals surface area (Å²) in [7, 11) is 0. The molecule has 0 fully saturated rings. The molecule has 0 unspecified atom stereocenters. The van der Waals surface area contributed by atoms with Gasteiger partial charge in [0.1, 0.15) is 0 Å². The van der Waals surface area contributed by atoms with Crippen molar-refractivity contribution in [3.05, 3.63) is 59.9 Å². The van der Waals surface area contributed by atoms with E-state index < -0.39 is 0 Å². The molecule has 0 bridgehead atoms. The van der Waals surface area contributed by atoms with Gasteiger partial charge in [0.05, 0.1) is 16.8 Å². The van der Waals surface area contributed by atoms with E-state index in [4.69, 9.17) is 0 Å². The fourth-order valence-corrected chi connectivity index (χ4v) is 2.22. The molecule has 0 saturated carbocycles. The van der Waals surface area contributed by atoms with Crippen molar-refractivity contribution in [2.24, 2.45) is 0 Å². The number of thiophene rings is 1. The quantitative estimate of drug-likeness (QED) is 0.639. The molecule has 3 heteroatoms. The summed E-state index contributed by atoms with van der Waals surface area (Å²) in [6.45, 7) is 10.1. The van der Waals surface area contributed by atoms with Gasteiger partial charge in [-0.3, -0.25) is 9.97 Å². The number of aromatic nitrogens is 2. The summed E-state index contributed by atoms with van der Waals surface area (Å²) < 4.78 is 0. The SMILES string of the molecule is C1=CCC=C1.CC.CC.Cc1ccc(-c2cnccn2)s1. The van der Waals surface area contributed by atoms with Crippen molar-refractivity contribution in [3.8, 4) is 10.6 Å². The average Bonchev–Trinajstić information content (AvgIpc) is 3.27. The zero-order valence-electron chi connectivity index (χ0n) is 13.7. The van der Waals surface area contributed by atoms with Gasteiger partial charge in [-0.05, 0) is 25.5 Å². The van der Waals surface area contributed by atoms with Crippen LogP contribution in [0.15, 0.2) is 55.0 Å². The average molecular weight is 302 g/mol. The van der Waals surface area contributed by atoms with Crippen molar-refractivity contribution in [1.82, 2.24) is 9.97 Å². The van der Waals surface area contributed by atoms with Crippen LogP contribution >= 0.6 is 11.3 Å². The van der Waals surface area contributed by atoms with Gasteiger partial charge in [-0.2, -0.15) is 0 Å². The second-order valence-electron chi connectivity index (χ2n) is 3.59. The van der Waals surface area contributed by atoms with Gasteiger partial charge in [-0.25, -0.2) is 0 Å². The van der Waals surface area contributed by atoms with Gasteiger partial charge in [0.15, 0.2) is 0 Å². The molecule has 1 aliphatic carbocycles. The number of hydrogen-bond acceptors (Lipinski definition) is 3. The molecule has 0 atom stereocenters. The Labute approximate surface area is 133 Å². The lowest BCUT2D eigenvalue weighted by molar-refractivity contribution is 1.21. The minimum atomic E-state index is 0.954. The van der Waals surface area contributed by atoms with Gasteiger partial charge in [-0.15, -0.1) is 11.3 Å². The first-order chi connectivity index (χ1) is 10.4. The van der Waals surface area contributed by atoms with Gasteiger partial charge in [0.25, 0.3) is 0 Å². The topological polar surface area (TPSA) is 25.8 Å². The lowest BCUT2D eigenvalue weighted by atomic mass is 10.3. The first-order valence-electron chi connectivity index (χ1n) is 7.51. The van der Waals surface area contributed by atoms with Gasteiger partial charge in [0, 0.05) is 17.3 Å². The number of aryl methyl sites for hydroxylation is 1. The van der Waals surface area contributed by atoms with Crippen molar-refractivity contribution >= 4 is 11.3 Å². The lowest BCUT2D eigenvalue weighted by Crippen LogP contribution is -1.79. The molecule has 21 heavy (non-hydrogen) atoms. The summed E-state index contributed by atoms with van der Waals surface area (Å²) in [6, 6.07) is 4.17. The summed E-state index contributed by atoms with van der Waals surface area (Å²) in [4.78, 5) is 10.7. The van der Waals surface area contributed by atoms with E-state index in [0.717, 1.165) is 12.1 Å². The van der Waals surface area contributed by atoms with Crippen LogP contribution in [0.25, 0.3) is 10.6 Å². The summed E-state index contributed by atoms with van der Waals surface area (Å²) in [6.07, 6.45) is 14.7. The molecular formula is C18H26N2S. The minimum absolute atomic E-state index is 0.954. The highest BCUT2D eigenvalue weighted by molar-refractivity contribution is 7.15. The summed E-state index contributed by atoms with van der Waals surface area (Å²) >= 11 is 1.74. The van der Waals surface area contributed by atoms with Crippen LogP contribution in [0.1, 0.15) is 39.0 Å². The number of allylic oxidation sites excluding steroid dienone is 4. The first kappa shape index (κ1) is 19.3. The minimum Gasteiger partial charge on any atom is -0.261 e. The Balaban J connectivity index is 0.000000372. The number of hydrogen-bond donors (Lipinski definition) is 0. The molecule has 2 heterocycles. The van der Waals surface area contributed by atoms with Crippen LogP contribution in [0.5, 0.6) is 0 Å². The van der Waals surface area contributed by atoms with E-state index in [1.807, 2.05) is 27.7 Å². The summed E-state index contributed by atoms with van der Waals surface area (Å²) in [5.41, 5.74) is 0.954. The third-order valence-corrected chi connectivity index (χ3v) is 3.23. The largest absolute Gasteiger partial charge is 0.261 e. The molecule has 0 aromatic carbocycles. The monoisotopic (exact) mass is 302 g/mol. The Hall–Kier alpha value is -1.74. The highest BCUT2D eigenvalue weighted by Crippen LogP contribution is 2.24. The highest BCUT2D eigenvalue weighted by Gasteiger charge is 1.99. The highest BCUT2D eigenvalue weighted by atomic mass is 32.1. The zero-order chi connectivity index (χ0) is 15.9. The molecule has 2 aromatic rings. The van der Waals surface area contributed by atoms with E-state index in [9.17, 15) is 0 Å².